The van der Waals surface area contributed by atoms with Crippen molar-refractivity contribution in [2.45, 2.75) is 6.92 Å². The van der Waals surface area contributed by atoms with E-state index in [9.17, 15) is 19.5 Å². The highest BCUT2D eigenvalue weighted by molar-refractivity contribution is 9.10. The summed E-state index contributed by atoms with van der Waals surface area (Å²) in [5, 5.41) is 25.6. The maximum atomic E-state index is 12.6. The van der Waals surface area contributed by atoms with Gasteiger partial charge in [-0.1, -0.05) is 22.0 Å². The van der Waals surface area contributed by atoms with E-state index in [-0.39, 0.29) is 16.9 Å². The van der Waals surface area contributed by atoms with Gasteiger partial charge >= 0.3 is 5.97 Å². The smallest absolute Gasteiger partial charge is 0.335 e. The van der Waals surface area contributed by atoms with Crippen LogP contribution in [0.15, 0.2) is 57.8 Å². The lowest BCUT2D eigenvalue weighted by molar-refractivity contribution is 0.0696. The van der Waals surface area contributed by atoms with Crippen LogP contribution in [0.3, 0.4) is 0 Å². The van der Waals surface area contributed by atoms with Crippen molar-refractivity contribution < 1.29 is 19.8 Å². The zero-order valence-corrected chi connectivity index (χ0v) is 16.1. The minimum absolute atomic E-state index is 0.00193. The van der Waals surface area contributed by atoms with Gasteiger partial charge in [-0.15, -0.1) is 0 Å². The number of aryl methyl sites for hydroxylation is 1. The van der Waals surface area contributed by atoms with E-state index in [2.05, 4.69) is 26.3 Å². The van der Waals surface area contributed by atoms with Gasteiger partial charge in [-0.05, 0) is 48.9 Å². The van der Waals surface area contributed by atoms with E-state index >= 15 is 0 Å². The van der Waals surface area contributed by atoms with E-state index in [1.807, 2.05) is 0 Å². The third-order valence-electron chi connectivity index (χ3n) is 3.93. The lowest BCUT2D eigenvalue weighted by Crippen LogP contribution is -2.25. The van der Waals surface area contributed by atoms with Gasteiger partial charge in [-0.25, -0.2) is 4.79 Å². The predicted octanol–water partition coefficient (Wildman–Crippen LogP) is 2.96. The van der Waals surface area contributed by atoms with E-state index in [4.69, 9.17) is 5.11 Å². The van der Waals surface area contributed by atoms with Crippen molar-refractivity contribution in [3.63, 3.8) is 0 Å². The molecule has 1 amide bonds. The van der Waals surface area contributed by atoms with Crippen molar-refractivity contribution in [1.29, 1.82) is 0 Å². The van der Waals surface area contributed by atoms with Crippen molar-refractivity contribution in [3.05, 3.63) is 80.2 Å². The average molecular weight is 444 g/mol. The first-order valence-electron chi connectivity index (χ1n) is 8.01. The van der Waals surface area contributed by atoms with E-state index < -0.39 is 23.2 Å². The summed E-state index contributed by atoms with van der Waals surface area (Å²) < 4.78 is 1.79. The van der Waals surface area contributed by atoms with Gasteiger partial charge in [0.25, 0.3) is 11.5 Å². The van der Waals surface area contributed by atoms with Gasteiger partial charge in [-0.3, -0.25) is 9.59 Å². The minimum Gasteiger partial charge on any atom is -0.505 e. The Labute approximate surface area is 167 Å². The van der Waals surface area contributed by atoms with Crippen LogP contribution in [0.5, 0.6) is 5.75 Å². The molecule has 0 fully saturated rings. The van der Waals surface area contributed by atoms with Crippen molar-refractivity contribution >= 4 is 33.5 Å². The van der Waals surface area contributed by atoms with Crippen LogP contribution in [0.1, 0.15) is 26.4 Å². The van der Waals surface area contributed by atoms with Crippen LogP contribution in [-0.4, -0.2) is 31.9 Å². The Morgan fingerprint density at radius 2 is 1.79 bits per heavy atom. The normalized spacial score (nSPS) is 10.5. The monoisotopic (exact) mass is 443 g/mol. The molecule has 3 rings (SSSR count). The molecular formula is C19H14BrN3O5. The molecule has 0 saturated heterocycles. The number of amides is 1. The van der Waals surface area contributed by atoms with Crippen LogP contribution >= 0.6 is 15.9 Å². The molecule has 0 unspecified atom stereocenters. The molecule has 0 saturated carbocycles. The first-order valence-corrected chi connectivity index (χ1v) is 8.80. The Bertz CT molecular complexity index is 1140. The molecule has 0 aliphatic heterocycles. The summed E-state index contributed by atoms with van der Waals surface area (Å²) in [6.45, 7) is 1.69. The molecule has 3 N–H and O–H groups in total. The Morgan fingerprint density at radius 1 is 1.11 bits per heavy atom. The zero-order chi connectivity index (χ0) is 20.4. The minimum atomic E-state index is -1.14. The maximum absolute atomic E-state index is 12.6. The predicted molar refractivity (Wildman–Crippen MR) is 105 cm³/mol. The standard InChI is InChI=1S/C19H14BrN3O5/c1-10-2-3-11(19(27)28)8-14(10)21-18(26)17-15(24)9-16(25)23(22-17)13-6-4-12(20)5-7-13/h2-9,24H,1H3,(H,21,26)(H,27,28). The Balaban J connectivity index is 1.99. The Kier molecular flexibility index (Phi) is 5.27. The van der Waals surface area contributed by atoms with E-state index in [1.54, 1.807) is 37.3 Å². The third kappa shape index (κ3) is 3.94. The molecule has 3 aromatic rings. The summed E-state index contributed by atoms with van der Waals surface area (Å²) in [7, 11) is 0. The quantitative estimate of drug-likeness (QED) is 0.569. The number of aromatic nitrogens is 2. The molecule has 9 heteroatoms. The number of nitrogens with one attached hydrogen (secondary N) is 1. The number of carbonyl (C=O) groups excluding carboxylic acids is 1. The fourth-order valence-electron chi connectivity index (χ4n) is 2.45. The van der Waals surface area contributed by atoms with Crippen LogP contribution < -0.4 is 10.9 Å². The summed E-state index contributed by atoms with van der Waals surface area (Å²) in [4.78, 5) is 35.9. The number of carboxylic acid groups (broad SMARTS) is 1. The summed E-state index contributed by atoms with van der Waals surface area (Å²) >= 11 is 3.29. The average Bonchev–Trinajstić information content (AvgIpc) is 2.64. The van der Waals surface area contributed by atoms with Crippen molar-refractivity contribution in [3.8, 4) is 11.4 Å². The van der Waals surface area contributed by atoms with Gasteiger partial charge in [0.1, 0.15) is 0 Å². The van der Waals surface area contributed by atoms with Crippen molar-refractivity contribution in [2.75, 3.05) is 5.32 Å². The van der Waals surface area contributed by atoms with Gasteiger partial charge in [0.15, 0.2) is 11.4 Å². The second kappa shape index (κ2) is 7.65. The topological polar surface area (TPSA) is 122 Å². The maximum Gasteiger partial charge on any atom is 0.335 e. The number of carbonyl (C=O) groups is 2. The molecule has 0 aliphatic carbocycles. The van der Waals surface area contributed by atoms with Crippen LogP contribution in [0.2, 0.25) is 0 Å². The first kappa shape index (κ1) is 19.3. The number of benzene rings is 2. The molecule has 0 radical (unpaired) electrons. The SMILES string of the molecule is Cc1ccc(C(=O)O)cc1NC(=O)c1nn(-c2ccc(Br)cc2)c(=O)cc1O. The highest BCUT2D eigenvalue weighted by Crippen LogP contribution is 2.20. The van der Waals surface area contributed by atoms with Crippen LogP contribution in [0.4, 0.5) is 5.69 Å². The number of hydrogen-bond acceptors (Lipinski definition) is 5. The summed E-state index contributed by atoms with van der Waals surface area (Å²) in [6.07, 6.45) is 0. The lowest BCUT2D eigenvalue weighted by atomic mass is 10.1. The fraction of sp³-hybridized carbons (Fsp3) is 0.0526. The van der Waals surface area contributed by atoms with Crippen LogP contribution in [0.25, 0.3) is 5.69 Å². The van der Waals surface area contributed by atoms with E-state index in [0.29, 0.717) is 11.3 Å². The third-order valence-corrected chi connectivity index (χ3v) is 4.46. The molecule has 142 valence electrons. The molecule has 0 spiro atoms. The molecule has 8 nitrogen and oxygen atoms in total. The molecule has 2 aromatic carbocycles. The number of anilines is 1. The molecule has 28 heavy (non-hydrogen) atoms. The van der Waals surface area contributed by atoms with E-state index in [0.717, 1.165) is 15.2 Å². The van der Waals surface area contributed by atoms with E-state index in [1.165, 1.54) is 12.1 Å². The van der Waals surface area contributed by atoms with Crippen molar-refractivity contribution in [2.24, 2.45) is 0 Å². The summed E-state index contributed by atoms with van der Waals surface area (Å²) in [5.74, 6) is -2.50. The Morgan fingerprint density at radius 3 is 2.43 bits per heavy atom. The highest BCUT2D eigenvalue weighted by atomic mass is 79.9. The van der Waals surface area contributed by atoms with Gasteiger partial charge in [-0.2, -0.15) is 9.78 Å². The van der Waals surface area contributed by atoms with Crippen LogP contribution in [-0.2, 0) is 0 Å². The van der Waals surface area contributed by atoms with Gasteiger partial charge in [0.2, 0.25) is 0 Å². The highest BCUT2D eigenvalue weighted by Gasteiger charge is 2.18. The fourth-order valence-corrected chi connectivity index (χ4v) is 2.71. The number of aromatic hydroxyl groups is 1. The van der Waals surface area contributed by atoms with Crippen molar-refractivity contribution in [1.82, 2.24) is 9.78 Å². The molecular weight excluding hydrogens is 430 g/mol. The number of rotatable bonds is 4. The number of aromatic carboxylic acids is 1. The summed E-state index contributed by atoms with van der Waals surface area (Å²) in [6, 6.07) is 11.8. The first-order chi connectivity index (χ1) is 13.3. The molecule has 0 atom stereocenters. The van der Waals surface area contributed by atoms with Gasteiger partial charge in [0, 0.05) is 16.2 Å². The summed E-state index contributed by atoms with van der Waals surface area (Å²) in [5.41, 5.74) is 0.304. The number of nitrogens with zero attached hydrogens (tertiary/aromatic N) is 2. The van der Waals surface area contributed by atoms with Crippen LogP contribution in [0, 0.1) is 6.92 Å². The number of hydrogen-bond donors (Lipinski definition) is 3. The number of halogens is 1. The Hall–Kier alpha value is -3.46. The van der Waals surface area contributed by atoms with Gasteiger partial charge in [0.05, 0.1) is 11.3 Å². The second-order valence-electron chi connectivity index (χ2n) is 5.89. The van der Waals surface area contributed by atoms with Gasteiger partial charge < -0.3 is 15.5 Å². The zero-order valence-electron chi connectivity index (χ0n) is 14.5. The molecule has 1 heterocycles. The second-order valence-corrected chi connectivity index (χ2v) is 6.81. The molecule has 0 aliphatic rings. The molecule has 0 bridgehead atoms. The number of carboxylic acids is 1. The molecule has 1 aromatic heterocycles. The largest absolute Gasteiger partial charge is 0.505 e. The lowest BCUT2D eigenvalue weighted by Gasteiger charge is -2.11.